The Kier molecular flexibility index (Phi) is 4.38. The van der Waals surface area contributed by atoms with Crippen LogP contribution in [0.2, 0.25) is 0 Å². The first-order valence-corrected chi connectivity index (χ1v) is 10.6. The Morgan fingerprint density at radius 1 is 1.00 bits per heavy atom. The highest BCUT2D eigenvalue weighted by Crippen LogP contribution is 2.36. The number of benzene rings is 2. The van der Waals surface area contributed by atoms with E-state index in [1.807, 2.05) is 41.0 Å². The molecule has 3 aliphatic rings. The van der Waals surface area contributed by atoms with E-state index in [0.29, 0.717) is 24.5 Å². The number of amides is 1. The normalized spacial score (nSPS) is 21.5. The highest BCUT2D eigenvalue weighted by Gasteiger charge is 2.39. The number of carbonyl (C=O) groups excluding carboxylic acids is 1. The summed E-state index contributed by atoms with van der Waals surface area (Å²) in [6.45, 7) is 3.98. The molecule has 0 radical (unpaired) electrons. The van der Waals surface area contributed by atoms with Gasteiger partial charge in [0.2, 0.25) is 12.6 Å². The fourth-order valence-corrected chi connectivity index (χ4v) is 4.92. The predicted octanol–water partition coefficient (Wildman–Crippen LogP) is 2.56. The molecule has 8 heteroatoms. The monoisotopic (exact) mass is 417 g/mol. The molecule has 0 aliphatic carbocycles. The summed E-state index contributed by atoms with van der Waals surface area (Å²) in [5.41, 5.74) is 1.99. The second-order valence-electron chi connectivity index (χ2n) is 8.48. The van der Waals surface area contributed by atoms with Gasteiger partial charge < -0.3 is 19.4 Å². The molecule has 1 saturated heterocycles. The van der Waals surface area contributed by atoms with E-state index in [-0.39, 0.29) is 5.91 Å². The van der Waals surface area contributed by atoms with E-state index in [2.05, 4.69) is 32.5 Å². The Bertz CT molecular complexity index is 1130. The topological polar surface area (TPSA) is 81.5 Å². The van der Waals surface area contributed by atoms with Crippen molar-refractivity contribution in [1.29, 1.82) is 0 Å². The number of hydrogen-bond donors (Lipinski definition) is 1. The van der Waals surface area contributed by atoms with Crippen LogP contribution in [0.25, 0.3) is 0 Å². The van der Waals surface area contributed by atoms with Crippen LogP contribution in [0.15, 0.2) is 48.5 Å². The molecular weight excluding hydrogens is 394 g/mol. The highest BCUT2D eigenvalue weighted by atomic mass is 16.7. The molecule has 8 nitrogen and oxygen atoms in total. The Morgan fingerprint density at radius 3 is 2.74 bits per heavy atom. The molecule has 6 rings (SSSR count). The number of rotatable bonds is 4. The van der Waals surface area contributed by atoms with Crippen LogP contribution in [0.4, 0.5) is 5.69 Å². The zero-order valence-electron chi connectivity index (χ0n) is 17.0. The quantitative estimate of drug-likeness (QED) is 0.703. The van der Waals surface area contributed by atoms with Gasteiger partial charge in [0.1, 0.15) is 5.82 Å². The Hall–Kier alpha value is -3.39. The molecule has 158 valence electrons. The van der Waals surface area contributed by atoms with E-state index < -0.39 is 0 Å². The van der Waals surface area contributed by atoms with Crippen molar-refractivity contribution in [3.05, 3.63) is 65.7 Å². The first kappa shape index (κ1) is 18.4. The number of anilines is 1. The number of aromatic nitrogens is 3. The summed E-state index contributed by atoms with van der Waals surface area (Å²) in [5, 5.41) is 11.5. The van der Waals surface area contributed by atoms with Gasteiger partial charge >= 0.3 is 0 Å². The number of nitrogens with zero attached hydrogens (tertiary/aromatic N) is 4. The van der Waals surface area contributed by atoms with Crippen molar-refractivity contribution in [3.63, 3.8) is 0 Å². The molecule has 0 spiro atoms. The Balaban J connectivity index is 1.14. The molecule has 1 N–H and O–H groups in total. The van der Waals surface area contributed by atoms with Gasteiger partial charge in [-0.1, -0.05) is 24.3 Å². The number of nitrogens with one attached hydrogen (secondary N) is 1. The summed E-state index contributed by atoms with van der Waals surface area (Å²) in [6.07, 6.45) is 0.855. The van der Waals surface area contributed by atoms with Crippen molar-refractivity contribution >= 4 is 11.6 Å². The van der Waals surface area contributed by atoms with Gasteiger partial charge in [0.25, 0.3) is 5.91 Å². The third-order valence-electron chi connectivity index (χ3n) is 6.42. The predicted molar refractivity (Wildman–Crippen MR) is 113 cm³/mol. The zero-order valence-corrected chi connectivity index (χ0v) is 17.0. The molecule has 0 saturated carbocycles. The lowest BCUT2D eigenvalue weighted by Crippen LogP contribution is -2.31. The fraction of sp³-hybridized carbons (Fsp3) is 0.348. The van der Waals surface area contributed by atoms with Crippen LogP contribution < -0.4 is 14.8 Å². The van der Waals surface area contributed by atoms with Crippen LogP contribution in [-0.2, 0) is 19.5 Å². The maximum Gasteiger partial charge on any atom is 0.293 e. The van der Waals surface area contributed by atoms with Gasteiger partial charge in [-0.25, -0.2) is 0 Å². The molecule has 3 aliphatic heterocycles. The average Bonchev–Trinajstić information content (AvgIpc) is 3.49. The third-order valence-corrected chi connectivity index (χ3v) is 6.42. The lowest BCUT2D eigenvalue weighted by Gasteiger charge is -2.25. The van der Waals surface area contributed by atoms with E-state index in [0.717, 1.165) is 55.6 Å². The smallest absolute Gasteiger partial charge is 0.293 e. The second-order valence-corrected chi connectivity index (χ2v) is 8.48. The molecule has 1 aromatic heterocycles. The van der Waals surface area contributed by atoms with Gasteiger partial charge in [0, 0.05) is 38.3 Å². The van der Waals surface area contributed by atoms with E-state index in [1.54, 1.807) is 0 Å². The van der Waals surface area contributed by atoms with Crippen LogP contribution in [0, 0.1) is 11.8 Å². The van der Waals surface area contributed by atoms with Crippen molar-refractivity contribution in [2.45, 2.75) is 19.5 Å². The van der Waals surface area contributed by atoms with E-state index in [9.17, 15) is 4.79 Å². The number of ether oxygens (including phenoxy) is 2. The maximum absolute atomic E-state index is 12.8. The average molecular weight is 417 g/mol. The van der Waals surface area contributed by atoms with Crippen molar-refractivity contribution < 1.29 is 14.3 Å². The van der Waals surface area contributed by atoms with Crippen LogP contribution in [0.5, 0.6) is 11.5 Å². The molecule has 2 unspecified atom stereocenters. The maximum atomic E-state index is 12.8. The van der Waals surface area contributed by atoms with Gasteiger partial charge in [0.15, 0.2) is 11.5 Å². The SMILES string of the molecule is O=C(Nc1ccccc1)c1nnc2n1CC1CN(Cc3ccc4c(c3)OCO4)CC1C2. The lowest BCUT2D eigenvalue weighted by molar-refractivity contribution is 0.100. The molecule has 0 bridgehead atoms. The third kappa shape index (κ3) is 3.42. The molecule has 1 fully saturated rings. The first-order chi connectivity index (χ1) is 15.2. The number of para-hydroxylation sites is 1. The fourth-order valence-electron chi connectivity index (χ4n) is 4.92. The number of fused-ring (bicyclic) bond motifs is 3. The molecule has 31 heavy (non-hydrogen) atoms. The minimum Gasteiger partial charge on any atom is -0.454 e. The van der Waals surface area contributed by atoms with Crippen LogP contribution >= 0.6 is 0 Å². The summed E-state index contributed by atoms with van der Waals surface area (Å²) in [6, 6.07) is 15.6. The molecule has 4 heterocycles. The standard InChI is InChI=1S/C23H23N5O3/c29-23(24-18-4-2-1-3-5-18)22-26-25-21-9-16-11-27(12-17(16)13-28(21)22)10-15-6-7-19-20(8-15)31-14-30-19/h1-8,16-17H,9-14H2,(H,24,29). The van der Waals surface area contributed by atoms with Gasteiger partial charge in [-0.05, 0) is 41.7 Å². The van der Waals surface area contributed by atoms with Gasteiger partial charge in [0.05, 0.1) is 0 Å². The van der Waals surface area contributed by atoms with Gasteiger partial charge in [-0.2, -0.15) is 0 Å². The summed E-state index contributed by atoms with van der Waals surface area (Å²) < 4.78 is 12.9. The van der Waals surface area contributed by atoms with Gasteiger partial charge in [-0.15, -0.1) is 10.2 Å². The Morgan fingerprint density at radius 2 is 1.84 bits per heavy atom. The minimum atomic E-state index is -0.210. The van der Waals surface area contributed by atoms with Gasteiger partial charge in [-0.3, -0.25) is 9.69 Å². The molecule has 1 amide bonds. The first-order valence-electron chi connectivity index (χ1n) is 10.6. The largest absolute Gasteiger partial charge is 0.454 e. The Labute approximate surface area is 179 Å². The number of likely N-dealkylation sites (tertiary alicyclic amines) is 1. The van der Waals surface area contributed by atoms with E-state index in [4.69, 9.17) is 9.47 Å². The summed E-state index contributed by atoms with van der Waals surface area (Å²) in [5.74, 6) is 3.76. The second kappa shape index (κ2) is 7.39. The van der Waals surface area contributed by atoms with Crippen molar-refractivity contribution in [3.8, 4) is 11.5 Å². The number of hydrogen-bond acceptors (Lipinski definition) is 6. The van der Waals surface area contributed by atoms with Crippen molar-refractivity contribution in [2.75, 3.05) is 25.2 Å². The van der Waals surface area contributed by atoms with E-state index >= 15 is 0 Å². The summed E-state index contributed by atoms with van der Waals surface area (Å²) in [7, 11) is 0. The minimum absolute atomic E-state index is 0.210. The number of carbonyl (C=O) groups is 1. The van der Waals surface area contributed by atoms with Crippen molar-refractivity contribution in [1.82, 2.24) is 19.7 Å². The van der Waals surface area contributed by atoms with Crippen LogP contribution in [-0.4, -0.2) is 45.5 Å². The molecule has 2 atom stereocenters. The van der Waals surface area contributed by atoms with Crippen LogP contribution in [0.1, 0.15) is 22.0 Å². The summed E-state index contributed by atoms with van der Waals surface area (Å²) in [4.78, 5) is 15.3. The zero-order chi connectivity index (χ0) is 20.8. The molecule has 3 aromatic rings. The van der Waals surface area contributed by atoms with Crippen LogP contribution in [0.3, 0.4) is 0 Å². The summed E-state index contributed by atoms with van der Waals surface area (Å²) >= 11 is 0. The molecule has 2 aromatic carbocycles. The lowest BCUT2D eigenvalue weighted by atomic mass is 9.89. The van der Waals surface area contributed by atoms with E-state index in [1.165, 1.54) is 5.56 Å². The highest BCUT2D eigenvalue weighted by molar-refractivity contribution is 6.01. The molecular formula is C23H23N5O3. The van der Waals surface area contributed by atoms with Crippen molar-refractivity contribution in [2.24, 2.45) is 11.8 Å².